The summed E-state index contributed by atoms with van der Waals surface area (Å²) in [5, 5.41) is 0. The van der Waals surface area contributed by atoms with Crippen molar-refractivity contribution in [2.24, 2.45) is 4.99 Å². The summed E-state index contributed by atoms with van der Waals surface area (Å²) < 4.78 is 0. The predicted molar refractivity (Wildman–Crippen MR) is 60.4 cm³/mol. The van der Waals surface area contributed by atoms with Crippen molar-refractivity contribution >= 4 is 6.34 Å². The van der Waals surface area contributed by atoms with Crippen LogP contribution in [0.4, 0.5) is 0 Å². The molecule has 0 aliphatic rings. The molecule has 2 nitrogen and oxygen atoms in total. The summed E-state index contributed by atoms with van der Waals surface area (Å²) in [7, 11) is 4.01. The fourth-order valence-electron chi connectivity index (χ4n) is 1.20. The monoisotopic (exact) mass is 184 g/mol. The molecule has 78 valence electrons. The second-order valence-corrected chi connectivity index (χ2v) is 3.75. The number of hydrogen-bond acceptors (Lipinski definition) is 1. The molecular formula is C11H24N2. The number of rotatable bonds is 8. The number of aliphatic imine (C=N–C) groups is 1. The SMILES string of the molecule is CCCCCCCCN=CN(C)C. The van der Waals surface area contributed by atoms with Gasteiger partial charge in [0.25, 0.3) is 0 Å². The van der Waals surface area contributed by atoms with Gasteiger partial charge in [-0.15, -0.1) is 0 Å². The van der Waals surface area contributed by atoms with Gasteiger partial charge in [0.15, 0.2) is 0 Å². The molecule has 0 saturated heterocycles. The Morgan fingerprint density at radius 2 is 1.62 bits per heavy atom. The van der Waals surface area contributed by atoms with Gasteiger partial charge in [-0.2, -0.15) is 0 Å². The molecule has 0 unspecified atom stereocenters. The summed E-state index contributed by atoms with van der Waals surface area (Å²) in [5.41, 5.74) is 0. The van der Waals surface area contributed by atoms with Crippen LogP contribution in [-0.4, -0.2) is 31.9 Å². The van der Waals surface area contributed by atoms with Gasteiger partial charge in [0.05, 0.1) is 6.34 Å². The Balaban J connectivity index is 2.99. The van der Waals surface area contributed by atoms with Gasteiger partial charge in [0.1, 0.15) is 0 Å². The Hall–Kier alpha value is -0.530. The topological polar surface area (TPSA) is 15.6 Å². The molecular weight excluding hydrogens is 160 g/mol. The van der Waals surface area contributed by atoms with E-state index in [-0.39, 0.29) is 0 Å². The molecule has 0 aromatic rings. The van der Waals surface area contributed by atoms with Crippen molar-refractivity contribution in [2.75, 3.05) is 20.6 Å². The van der Waals surface area contributed by atoms with Gasteiger partial charge in [0, 0.05) is 20.6 Å². The maximum atomic E-state index is 4.29. The minimum atomic E-state index is 0.990. The smallest absolute Gasteiger partial charge is 0.0844 e. The molecule has 0 fully saturated rings. The lowest BCUT2D eigenvalue weighted by atomic mass is 10.1. The summed E-state index contributed by atoms with van der Waals surface area (Å²) in [6.07, 6.45) is 9.98. The first-order chi connectivity index (χ1) is 6.27. The van der Waals surface area contributed by atoms with Crippen LogP contribution in [0.5, 0.6) is 0 Å². The Morgan fingerprint density at radius 1 is 1.00 bits per heavy atom. The normalized spacial score (nSPS) is 11.0. The quantitative estimate of drug-likeness (QED) is 0.322. The van der Waals surface area contributed by atoms with Gasteiger partial charge < -0.3 is 4.90 Å². The van der Waals surface area contributed by atoms with E-state index in [1.54, 1.807) is 0 Å². The zero-order chi connectivity index (χ0) is 9.94. The third-order valence-corrected chi connectivity index (χ3v) is 1.95. The van der Waals surface area contributed by atoms with Crippen LogP contribution in [0.3, 0.4) is 0 Å². The van der Waals surface area contributed by atoms with Crippen LogP contribution in [0.15, 0.2) is 4.99 Å². The van der Waals surface area contributed by atoms with Gasteiger partial charge >= 0.3 is 0 Å². The van der Waals surface area contributed by atoms with Gasteiger partial charge in [-0.1, -0.05) is 39.0 Å². The molecule has 0 heterocycles. The van der Waals surface area contributed by atoms with E-state index >= 15 is 0 Å². The standard InChI is InChI=1S/C11H24N2/c1-4-5-6-7-8-9-10-12-11-13(2)3/h11H,4-10H2,1-3H3. The minimum absolute atomic E-state index is 0.990. The van der Waals surface area contributed by atoms with Crippen LogP contribution in [0, 0.1) is 0 Å². The average Bonchev–Trinajstić information content (AvgIpc) is 2.09. The first-order valence-corrected chi connectivity index (χ1v) is 5.43. The van der Waals surface area contributed by atoms with Crippen molar-refractivity contribution < 1.29 is 0 Å². The minimum Gasteiger partial charge on any atom is -0.369 e. The van der Waals surface area contributed by atoms with Crippen LogP contribution in [0.25, 0.3) is 0 Å². The van der Waals surface area contributed by atoms with Crippen molar-refractivity contribution in [3.8, 4) is 0 Å². The predicted octanol–water partition coefficient (Wildman–Crippen LogP) is 2.94. The van der Waals surface area contributed by atoms with Crippen molar-refractivity contribution in [3.05, 3.63) is 0 Å². The highest BCUT2D eigenvalue weighted by Crippen LogP contribution is 2.04. The average molecular weight is 184 g/mol. The molecule has 0 rings (SSSR count). The molecule has 13 heavy (non-hydrogen) atoms. The van der Waals surface area contributed by atoms with E-state index in [1.807, 2.05) is 25.3 Å². The maximum Gasteiger partial charge on any atom is 0.0844 e. The third kappa shape index (κ3) is 11.5. The number of unbranched alkanes of at least 4 members (excludes halogenated alkanes) is 5. The molecule has 0 spiro atoms. The fraction of sp³-hybridized carbons (Fsp3) is 0.909. The van der Waals surface area contributed by atoms with Gasteiger partial charge in [-0.25, -0.2) is 0 Å². The van der Waals surface area contributed by atoms with Gasteiger partial charge in [-0.05, 0) is 6.42 Å². The lowest BCUT2D eigenvalue weighted by Gasteiger charge is -2.02. The lowest BCUT2D eigenvalue weighted by Crippen LogP contribution is -2.07. The highest BCUT2D eigenvalue weighted by atomic mass is 15.1. The molecule has 0 N–H and O–H groups in total. The van der Waals surface area contributed by atoms with Gasteiger partial charge in [0.2, 0.25) is 0 Å². The Morgan fingerprint density at radius 3 is 2.23 bits per heavy atom. The zero-order valence-electron chi connectivity index (χ0n) is 9.42. The second kappa shape index (κ2) is 9.56. The van der Waals surface area contributed by atoms with Crippen molar-refractivity contribution in [3.63, 3.8) is 0 Å². The highest BCUT2D eigenvalue weighted by Gasteiger charge is 1.88. The lowest BCUT2D eigenvalue weighted by molar-refractivity contribution is 0.605. The molecule has 0 amide bonds. The molecule has 0 radical (unpaired) electrons. The summed E-state index contributed by atoms with van der Waals surface area (Å²) in [6.45, 7) is 3.24. The molecule has 0 aliphatic heterocycles. The summed E-state index contributed by atoms with van der Waals surface area (Å²) in [6, 6.07) is 0. The Kier molecular flexibility index (Phi) is 9.17. The first kappa shape index (κ1) is 12.5. The van der Waals surface area contributed by atoms with E-state index in [9.17, 15) is 0 Å². The van der Waals surface area contributed by atoms with E-state index in [1.165, 1.54) is 38.5 Å². The van der Waals surface area contributed by atoms with Crippen LogP contribution in [0.1, 0.15) is 45.4 Å². The summed E-state index contributed by atoms with van der Waals surface area (Å²) in [5.74, 6) is 0. The van der Waals surface area contributed by atoms with E-state index < -0.39 is 0 Å². The van der Waals surface area contributed by atoms with Crippen molar-refractivity contribution in [1.29, 1.82) is 0 Å². The van der Waals surface area contributed by atoms with Crippen LogP contribution >= 0.6 is 0 Å². The van der Waals surface area contributed by atoms with Crippen LogP contribution in [-0.2, 0) is 0 Å². The summed E-state index contributed by atoms with van der Waals surface area (Å²) in [4.78, 5) is 6.27. The molecule has 0 saturated carbocycles. The van der Waals surface area contributed by atoms with E-state index in [2.05, 4.69) is 11.9 Å². The van der Waals surface area contributed by atoms with E-state index in [4.69, 9.17) is 0 Å². The zero-order valence-corrected chi connectivity index (χ0v) is 9.42. The van der Waals surface area contributed by atoms with E-state index in [0.717, 1.165) is 6.54 Å². The van der Waals surface area contributed by atoms with E-state index in [0.29, 0.717) is 0 Å². The molecule has 2 heteroatoms. The fourth-order valence-corrected chi connectivity index (χ4v) is 1.20. The molecule has 0 aromatic carbocycles. The largest absolute Gasteiger partial charge is 0.369 e. The third-order valence-electron chi connectivity index (χ3n) is 1.95. The highest BCUT2D eigenvalue weighted by molar-refractivity contribution is 5.53. The first-order valence-electron chi connectivity index (χ1n) is 5.43. The number of hydrogen-bond donors (Lipinski definition) is 0. The van der Waals surface area contributed by atoms with Gasteiger partial charge in [-0.3, -0.25) is 4.99 Å². The van der Waals surface area contributed by atoms with Crippen LogP contribution < -0.4 is 0 Å². The second-order valence-electron chi connectivity index (χ2n) is 3.75. The van der Waals surface area contributed by atoms with Crippen molar-refractivity contribution in [1.82, 2.24) is 4.90 Å². The number of nitrogens with zero attached hydrogens (tertiary/aromatic N) is 2. The van der Waals surface area contributed by atoms with Crippen molar-refractivity contribution in [2.45, 2.75) is 45.4 Å². The molecule has 0 aromatic heterocycles. The Bertz CT molecular complexity index is 119. The summed E-state index contributed by atoms with van der Waals surface area (Å²) >= 11 is 0. The molecule has 0 aliphatic carbocycles. The van der Waals surface area contributed by atoms with Crippen LogP contribution in [0.2, 0.25) is 0 Å². The maximum absolute atomic E-state index is 4.29. The molecule has 0 bridgehead atoms. The Labute approximate surface area is 83.0 Å². The molecule has 0 atom stereocenters.